The van der Waals surface area contributed by atoms with E-state index in [2.05, 4.69) is 19.2 Å². The fraction of sp³-hybridized carbons (Fsp3) is 0.417. The monoisotopic (exact) mass is 394 g/mol. The van der Waals surface area contributed by atoms with Gasteiger partial charge < -0.3 is 15.0 Å². The van der Waals surface area contributed by atoms with Gasteiger partial charge in [-0.15, -0.1) is 0 Å². The lowest BCUT2D eigenvalue weighted by Gasteiger charge is -2.44. The summed E-state index contributed by atoms with van der Waals surface area (Å²) >= 11 is 0. The maximum Gasteiger partial charge on any atom is 0.255 e. The lowest BCUT2D eigenvalue weighted by molar-refractivity contribution is -0.132. The first-order valence-corrected chi connectivity index (χ1v) is 10.2. The maximum atomic E-state index is 13.4. The SMILES string of the molecule is COc1ccccc1CNC(=O)C1(C)Cc2ccccc2C(=O)N1CCC(C)C. The molecule has 0 saturated heterocycles. The fourth-order valence-corrected chi connectivity index (χ4v) is 3.87. The van der Waals surface area contributed by atoms with Crippen molar-refractivity contribution in [3.05, 3.63) is 65.2 Å². The van der Waals surface area contributed by atoms with Gasteiger partial charge in [0.2, 0.25) is 5.91 Å². The van der Waals surface area contributed by atoms with Crippen LogP contribution in [0.5, 0.6) is 5.75 Å². The molecular formula is C24H30N2O3. The second-order valence-electron chi connectivity index (χ2n) is 8.24. The van der Waals surface area contributed by atoms with Crippen molar-refractivity contribution in [2.75, 3.05) is 13.7 Å². The summed E-state index contributed by atoms with van der Waals surface area (Å²) in [6.45, 7) is 7.04. The van der Waals surface area contributed by atoms with E-state index in [1.54, 1.807) is 12.0 Å². The Labute approximate surface area is 173 Å². The quantitative estimate of drug-likeness (QED) is 0.777. The largest absolute Gasteiger partial charge is 0.496 e. The van der Waals surface area contributed by atoms with E-state index >= 15 is 0 Å². The predicted molar refractivity (Wildman–Crippen MR) is 114 cm³/mol. The van der Waals surface area contributed by atoms with Gasteiger partial charge in [0, 0.05) is 30.6 Å². The van der Waals surface area contributed by atoms with E-state index in [9.17, 15) is 9.59 Å². The van der Waals surface area contributed by atoms with Gasteiger partial charge in [-0.1, -0.05) is 50.2 Å². The Morgan fingerprint density at radius 1 is 1.17 bits per heavy atom. The van der Waals surface area contributed by atoms with Crippen molar-refractivity contribution in [1.29, 1.82) is 0 Å². The minimum atomic E-state index is -0.928. The van der Waals surface area contributed by atoms with Gasteiger partial charge in [0.25, 0.3) is 5.91 Å². The molecule has 0 radical (unpaired) electrons. The molecule has 1 aliphatic rings. The lowest BCUT2D eigenvalue weighted by Crippen LogP contribution is -2.62. The third-order valence-corrected chi connectivity index (χ3v) is 5.67. The van der Waals surface area contributed by atoms with Crippen molar-refractivity contribution in [1.82, 2.24) is 10.2 Å². The second-order valence-corrected chi connectivity index (χ2v) is 8.24. The molecule has 0 aromatic heterocycles. The number of fused-ring (bicyclic) bond motifs is 1. The first kappa shape index (κ1) is 20.9. The lowest BCUT2D eigenvalue weighted by atomic mass is 9.82. The highest BCUT2D eigenvalue weighted by Crippen LogP contribution is 2.32. The predicted octanol–water partition coefficient (Wildman–Crippen LogP) is 3.81. The molecule has 2 amide bonds. The molecule has 1 N–H and O–H groups in total. The molecule has 0 bridgehead atoms. The molecule has 1 unspecified atom stereocenters. The Bertz CT molecular complexity index is 893. The number of amides is 2. The molecule has 29 heavy (non-hydrogen) atoms. The van der Waals surface area contributed by atoms with E-state index < -0.39 is 5.54 Å². The summed E-state index contributed by atoms with van der Waals surface area (Å²) in [7, 11) is 1.62. The molecule has 1 atom stereocenters. The van der Waals surface area contributed by atoms with E-state index in [4.69, 9.17) is 4.74 Å². The normalized spacial score (nSPS) is 18.5. The molecule has 1 aliphatic heterocycles. The highest BCUT2D eigenvalue weighted by Gasteiger charge is 2.46. The molecule has 3 rings (SSSR count). The summed E-state index contributed by atoms with van der Waals surface area (Å²) in [5.41, 5.74) is 1.60. The molecular weight excluding hydrogens is 364 g/mol. The van der Waals surface area contributed by atoms with Crippen molar-refractivity contribution < 1.29 is 14.3 Å². The summed E-state index contributed by atoms with van der Waals surface area (Å²) < 4.78 is 5.38. The average molecular weight is 395 g/mol. The minimum Gasteiger partial charge on any atom is -0.496 e. The van der Waals surface area contributed by atoms with E-state index in [0.29, 0.717) is 31.0 Å². The standard InChI is InChI=1S/C24H30N2O3/c1-17(2)13-14-26-22(27)20-11-7-5-9-18(20)15-24(26,3)23(28)25-16-19-10-6-8-12-21(19)29-4/h5-12,17H,13-16H2,1-4H3,(H,25,28). The number of hydrogen-bond acceptors (Lipinski definition) is 3. The number of hydrogen-bond donors (Lipinski definition) is 1. The van der Waals surface area contributed by atoms with Gasteiger partial charge in [-0.2, -0.15) is 0 Å². The molecule has 0 fully saturated rings. The van der Waals surface area contributed by atoms with Crippen LogP contribution in [0.15, 0.2) is 48.5 Å². The molecule has 154 valence electrons. The highest BCUT2D eigenvalue weighted by atomic mass is 16.5. The Morgan fingerprint density at radius 2 is 1.86 bits per heavy atom. The minimum absolute atomic E-state index is 0.0672. The van der Waals surface area contributed by atoms with Crippen molar-refractivity contribution in [2.24, 2.45) is 5.92 Å². The van der Waals surface area contributed by atoms with E-state index in [1.165, 1.54) is 0 Å². The number of carbonyl (C=O) groups excluding carboxylic acids is 2. The van der Waals surface area contributed by atoms with E-state index in [1.807, 2.05) is 55.5 Å². The molecule has 2 aromatic carbocycles. The second kappa shape index (κ2) is 8.68. The molecule has 0 aliphatic carbocycles. The van der Waals surface area contributed by atoms with Crippen LogP contribution in [-0.2, 0) is 17.8 Å². The topological polar surface area (TPSA) is 58.6 Å². The molecule has 2 aromatic rings. The van der Waals surface area contributed by atoms with Crippen LogP contribution in [0.25, 0.3) is 0 Å². The number of carbonyl (C=O) groups is 2. The third kappa shape index (κ3) is 4.29. The Morgan fingerprint density at radius 3 is 2.59 bits per heavy atom. The Hall–Kier alpha value is -2.82. The van der Waals surface area contributed by atoms with Crippen molar-refractivity contribution >= 4 is 11.8 Å². The number of methoxy groups -OCH3 is 1. The number of nitrogens with zero attached hydrogens (tertiary/aromatic N) is 1. The molecule has 0 spiro atoms. The van der Waals surface area contributed by atoms with Crippen LogP contribution in [0, 0.1) is 5.92 Å². The summed E-state index contributed by atoms with van der Waals surface area (Å²) in [5.74, 6) is 0.970. The first-order chi connectivity index (χ1) is 13.9. The molecule has 5 heteroatoms. The van der Waals surface area contributed by atoms with Crippen LogP contribution in [0.4, 0.5) is 0 Å². The van der Waals surface area contributed by atoms with Crippen LogP contribution < -0.4 is 10.1 Å². The molecule has 0 saturated carbocycles. The average Bonchev–Trinajstić information content (AvgIpc) is 2.71. The van der Waals surface area contributed by atoms with Crippen molar-refractivity contribution in [2.45, 2.75) is 45.7 Å². The number of rotatable bonds is 7. The van der Waals surface area contributed by atoms with Gasteiger partial charge in [-0.05, 0) is 37.0 Å². The number of nitrogens with one attached hydrogen (secondary N) is 1. The van der Waals surface area contributed by atoms with Crippen molar-refractivity contribution in [3.63, 3.8) is 0 Å². The summed E-state index contributed by atoms with van der Waals surface area (Å²) in [6, 6.07) is 15.2. The number of ether oxygens (including phenoxy) is 1. The Balaban J connectivity index is 1.86. The van der Waals surface area contributed by atoms with Crippen LogP contribution in [0.2, 0.25) is 0 Å². The van der Waals surface area contributed by atoms with Crippen LogP contribution in [0.3, 0.4) is 0 Å². The smallest absolute Gasteiger partial charge is 0.255 e. The van der Waals surface area contributed by atoms with E-state index in [-0.39, 0.29) is 11.8 Å². The molecule has 5 nitrogen and oxygen atoms in total. The van der Waals surface area contributed by atoms with Crippen molar-refractivity contribution in [3.8, 4) is 5.75 Å². The zero-order valence-electron chi connectivity index (χ0n) is 17.7. The van der Waals surface area contributed by atoms with E-state index in [0.717, 1.165) is 23.3 Å². The highest BCUT2D eigenvalue weighted by molar-refractivity contribution is 6.02. The summed E-state index contributed by atoms with van der Waals surface area (Å²) in [5, 5.41) is 3.04. The third-order valence-electron chi connectivity index (χ3n) is 5.67. The van der Waals surface area contributed by atoms with Gasteiger partial charge in [0.15, 0.2) is 0 Å². The summed E-state index contributed by atoms with van der Waals surface area (Å²) in [4.78, 5) is 28.4. The zero-order chi connectivity index (χ0) is 21.0. The summed E-state index contributed by atoms with van der Waals surface area (Å²) in [6.07, 6.45) is 1.36. The molecule has 1 heterocycles. The van der Waals surface area contributed by atoms with Crippen LogP contribution in [0.1, 0.15) is 48.7 Å². The Kier molecular flexibility index (Phi) is 6.26. The van der Waals surface area contributed by atoms with Gasteiger partial charge in [-0.3, -0.25) is 9.59 Å². The number of para-hydroxylation sites is 1. The zero-order valence-corrected chi connectivity index (χ0v) is 17.7. The van der Waals surface area contributed by atoms with Crippen LogP contribution >= 0.6 is 0 Å². The van der Waals surface area contributed by atoms with Gasteiger partial charge in [0.1, 0.15) is 11.3 Å². The maximum absolute atomic E-state index is 13.4. The van der Waals surface area contributed by atoms with Gasteiger partial charge in [0.05, 0.1) is 7.11 Å². The number of benzene rings is 2. The van der Waals surface area contributed by atoms with Gasteiger partial charge >= 0.3 is 0 Å². The first-order valence-electron chi connectivity index (χ1n) is 10.2. The van der Waals surface area contributed by atoms with Crippen LogP contribution in [-0.4, -0.2) is 35.9 Å². The van der Waals surface area contributed by atoms with Gasteiger partial charge in [-0.25, -0.2) is 0 Å². The fourth-order valence-electron chi connectivity index (χ4n) is 3.87.